The van der Waals surface area contributed by atoms with E-state index in [1.54, 1.807) is 19.0 Å². The molecule has 1 aromatic heterocycles. The molecule has 0 atom stereocenters. The summed E-state index contributed by atoms with van der Waals surface area (Å²) in [7, 11) is 3.56. The molecule has 0 radical (unpaired) electrons. The minimum absolute atomic E-state index is 0.164. The first kappa shape index (κ1) is 14.5. The lowest BCUT2D eigenvalue weighted by Crippen LogP contribution is -2.21. The predicted molar refractivity (Wildman–Crippen MR) is 85.8 cm³/mol. The van der Waals surface area contributed by atoms with E-state index in [4.69, 9.17) is 18.0 Å². The highest BCUT2D eigenvalue weighted by atomic mass is 32.1. The molecule has 4 nitrogen and oxygen atoms in total. The van der Waals surface area contributed by atoms with E-state index >= 15 is 0 Å². The standard InChI is InChI=1S/C15H19N3OS/c1-17(2)14(19)4-3-8-18-9-7-11-10-12(15(16)20)5-6-13(11)18/h5-7,9-10H,3-4,8H2,1-2H3,(H2,16,20). The zero-order chi connectivity index (χ0) is 14.7. The van der Waals surface area contributed by atoms with Crippen LogP contribution >= 0.6 is 12.2 Å². The summed E-state index contributed by atoms with van der Waals surface area (Å²) in [5, 5.41) is 1.12. The second-order valence-corrected chi connectivity index (χ2v) is 5.48. The number of carbonyl (C=O) groups is 1. The van der Waals surface area contributed by atoms with Gasteiger partial charge >= 0.3 is 0 Å². The molecule has 0 bridgehead atoms. The van der Waals surface area contributed by atoms with E-state index in [0.717, 1.165) is 29.4 Å². The van der Waals surface area contributed by atoms with Crippen molar-refractivity contribution in [3.05, 3.63) is 36.0 Å². The van der Waals surface area contributed by atoms with Gasteiger partial charge in [-0.25, -0.2) is 0 Å². The van der Waals surface area contributed by atoms with Gasteiger partial charge in [0.15, 0.2) is 0 Å². The molecule has 2 N–H and O–H groups in total. The molecular formula is C15H19N3OS. The van der Waals surface area contributed by atoms with Gasteiger partial charge in [-0.1, -0.05) is 12.2 Å². The molecule has 0 aliphatic heterocycles. The molecule has 0 aliphatic carbocycles. The zero-order valence-corrected chi connectivity index (χ0v) is 12.6. The topological polar surface area (TPSA) is 51.3 Å². The van der Waals surface area contributed by atoms with Gasteiger partial charge < -0.3 is 15.2 Å². The number of amides is 1. The fourth-order valence-corrected chi connectivity index (χ4v) is 2.30. The van der Waals surface area contributed by atoms with Gasteiger partial charge in [0.2, 0.25) is 5.91 Å². The maximum atomic E-state index is 11.5. The van der Waals surface area contributed by atoms with Crippen LogP contribution in [0.25, 0.3) is 10.9 Å². The minimum atomic E-state index is 0.164. The predicted octanol–water partition coefficient (Wildman–Crippen LogP) is 2.14. The normalized spacial score (nSPS) is 10.7. The van der Waals surface area contributed by atoms with E-state index in [2.05, 4.69) is 4.57 Å². The van der Waals surface area contributed by atoms with Gasteiger partial charge in [0.1, 0.15) is 4.99 Å². The average Bonchev–Trinajstić information content (AvgIpc) is 2.81. The summed E-state index contributed by atoms with van der Waals surface area (Å²) in [6, 6.07) is 8.01. The number of aromatic nitrogens is 1. The maximum absolute atomic E-state index is 11.5. The molecular weight excluding hydrogens is 270 g/mol. The summed E-state index contributed by atoms with van der Waals surface area (Å²) in [5.41, 5.74) is 7.66. The smallest absolute Gasteiger partial charge is 0.222 e. The van der Waals surface area contributed by atoms with E-state index in [1.807, 2.05) is 30.5 Å². The molecule has 0 unspecified atom stereocenters. The number of carbonyl (C=O) groups excluding carboxylic acids is 1. The Morgan fingerprint density at radius 1 is 1.35 bits per heavy atom. The van der Waals surface area contributed by atoms with Crippen LogP contribution in [0.2, 0.25) is 0 Å². The Bertz CT molecular complexity index is 646. The van der Waals surface area contributed by atoms with Crippen molar-refractivity contribution in [3.63, 3.8) is 0 Å². The SMILES string of the molecule is CN(C)C(=O)CCCn1ccc2cc(C(N)=S)ccc21. The van der Waals surface area contributed by atoms with Gasteiger partial charge in [-0.05, 0) is 30.7 Å². The summed E-state index contributed by atoms with van der Waals surface area (Å²) in [6.45, 7) is 0.829. The molecule has 2 aromatic rings. The number of nitrogens with zero attached hydrogens (tertiary/aromatic N) is 2. The Labute approximate surface area is 124 Å². The van der Waals surface area contributed by atoms with Crippen molar-refractivity contribution < 1.29 is 4.79 Å². The molecule has 0 fully saturated rings. The number of hydrogen-bond donors (Lipinski definition) is 1. The average molecular weight is 289 g/mol. The van der Waals surface area contributed by atoms with Crippen molar-refractivity contribution in [2.45, 2.75) is 19.4 Å². The highest BCUT2D eigenvalue weighted by Crippen LogP contribution is 2.18. The second-order valence-electron chi connectivity index (χ2n) is 5.04. The van der Waals surface area contributed by atoms with Crippen molar-refractivity contribution in [2.24, 2.45) is 5.73 Å². The Morgan fingerprint density at radius 3 is 2.75 bits per heavy atom. The number of hydrogen-bond acceptors (Lipinski definition) is 2. The van der Waals surface area contributed by atoms with E-state index in [0.29, 0.717) is 11.4 Å². The molecule has 5 heteroatoms. The van der Waals surface area contributed by atoms with Crippen LogP contribution in [0.5, 0.6) is 0 Å². The molecule has 0 saturated heterocycles. The Balaban J connectivity index is 2.08. The molecule has 2 rings (SSSR count). The summed E-state index contributed by atoms with van der Waals surface area (Å²) in [5.74, 6) is 0.164. The Kier molecular flexibility index (Phi) is 4.39. The molecule has 0 spiro atoms. The fourth-order valence-electron chi connectivity index (χ4n) is 2.17. The van der Waals surface area contributed by atoms with Crippen molar-refractivity contribution >= 4 is 34.0 Å². The molecule has 0 aliphatic rings. The lowest BCUT2D eigenvalue weighted by Gasteiger charge is -2.10. The summed E-state index contributed by atoms with van der Waals surface area (Å²) < 4.78 is 2.15. The minimum Gasteiger partial charge on any atom is -0.389 e. The van der Waals surface area contributed by atoms with Gasteiger partial charge in [-0.2, -0.15) is 0 Å². The molecule has 0 saturated carbocycles. The van der Waals surface area contributed by atoms with Crippen LogP contribution in [-0.4, -0.2) is 34.5 Å². The third kappa shape index (κ3) is 3.17. The molecule has 1 aromatic carbocycles. The summed E-state index contributed by atoms with van der Waals surface area (Å²) in [6.07, 6.45) is 3.43. The van der Waals surface area contributed by atoms with Gasteiger partial charge in [-0.15, -0.1) is 0 Å². The van der Waals surface area contributed by atoms with Gasteiger partial charge in [-0.3, -0.25) is 4.79 Å². The van der Waals surface area contributed by atoms with E-state index in [9.17, 15) is 4.79 Å². The third-order valence-electron chi connectivity index (χ3n) is 3.34. The second kappa shape index (κ2) is 6.05. The number of fused-ring (bicyclic) bond motifs is 1. The largest absolute Gasteiger partial charge is 0.389 e. The third-order valence-corrected chi connectivity index (χ3v) is 3.58. The number of rotatable bonds is 5. The van der Waals surface area contributed by atoms with Crippen LogP contribution in [0.4, 0.5) is 0 Å². The molecule has 1 heterocycles. The van der Waals surface area contributed by atoms with Crippen LogP contribution in [0.1, 0.15) is 18.4 Å². The lowest BCUT2D eigenvalue weighted by molar-refractivity contribution is -0.128. The van der Waals surface area contributed by atoms with Crippen LogP contribution in [0, 0.1) is 0 Å². The number of thiocarbonyl (C=S) groups is 1. The molecule has 106 valence electrons. The van der Waals surface area contributed by atoms with Crippen LogP contribution in [0.3, 0.4) is 0 Å². The molecule has 1 amide bonds. The van der Waals surface area contributed by atoms with Crippen LogP contribution in [-0.2, 0) is 11.3 Å². The van der Waals surface area contributed by atoms with Crippen molar-refractivity contribution in [2.75, 3.05) is 14.1 Å². The lowest BCUT2D eigenvalue weighted by atomic mass is 10.1. The van der Waals surface area contributed by atoms with Crippen LogP contribution < -0.4 is 5.73 Å². The van der Waals surface area contributed by atoms with Crippen molar-refractivity contribution in [1.29, 1.82) is 0 Å². The Hall–Kier alpha value is -1.88. The van der Waals surface area contributed by atoms with Crippen molar-refractivity contribution in [3.8, 4) is 0 Å². The van der Waals surface area contributed by atoms with Crippen LogP contribution in [0.15, 0.2) is 30.5 Å². The summed E-state index contributed by atoms with van der Waals surface area (Å²) in [4.78, 5) is 13.6. The van der Waals surface area contributed by atoms with Crippen molar-refractivity contribution in [1.82, 2.24) is 9.47 Å². The molecule has 20 heavy (non-hydrogen) atoms. The highest BCUT2D eigenvalue weighted by molar-refractivity contribution is 7.80. The van der Waals surface area contributed by atoms with E-state index < -0.39 is 0 Å². The van der Waals surface area contributed by atoms with Gasteiger partial charge in [0.25, 0.3) is 0 Å². The summed E-state index contributed by atoms with van der Waals surface area (Å²) >= 11 is 4.98. The monoisotopic (exact) mass is 289 g/mol. The first-order chi connectivity index (χ1) is 9.49. The number of aryl methyl sites for hydroxylation is 1. The van der Waals surface area contributed by atoms with Gasteiger partial charge in [0.05, 0.1) is 0 Å². The van der Waals surface area contributed by atoms with E-state index in [-0.39, 0.29) is 5.91 Å². The first-order valence-corrected chi connectivity index (χ1v) is 6.98. The zero-order valence-electron chi connectivity index (χ0n) is 11.8. The van der Waals surface area contributed by atoms with Gasteiger partial charge in [0, 0.05) is 49.7 Å². The quantitative estimate of drug-likeness (QED) is 0.858. The number of benzene rings is 1. The van der Waals surface area contributed by atoms with E-state index in [1.165, 1.54) is 0 Å². The Morgan fingerprint density at radius 2 is 2.10 bits per heavy atom. The number of nitrogens with two attached hydrogens (primary N) is 1. The maximum Gasteiger partial charge on any atom is 0.222 e. The fraction of sp³-hybridized carbons (Fsp3) is 0.333. The highest BCUT2D eigenvalue weighted by Gasteiger charge is 2.06. The first-order valence-electron chi connectivity index (χ1n) is 6.58.